The standard InChI is InChI=1S/C10H11N3O3/c1-13(11)9(14)5-6-2-3-7-8(4-6)16-10(15)12-7/h2-4H,5,11H2,1H3,(H,12,15). The third kappa shape index (κ3) is 1.96. The molecule has 0 radical (unpaired) electrons. The number of nitrogens with zero attached hydrogens (tertiary/aromatic N) is 1. The maximum Gasteiger partial charge on any atom is 0.417 e. The molecule has 1 aromatic heterocycles. The van der Waals surface area contributed by atoms with Gasteiger partial charge in [-0.05, 0) is 17.7 Å². The number of H-pyrrole nitrogens is 1. The second-order valence-electron chi connectivity index (χ2n) is 3.53. The summed E-state index contributed by atoms with van der Waals surface area (Å²) in [5.41, 5.74) is 1.80. The van der Waals surface area contributed by atoms with Crippen LogP contribution in [-0.4, -0.2) is 22.9 Å². The van der Waals surface area contributed by atoms with Crippen molar-refractivity contribution in [2.75, 3.05) is 7.05 Å². The molecule has 84 valence electrons. The van der Waals surface area contributed by atoms with Crippen LogP contribution in [0.1, 0.15) is 5.56 Å². The molecule has 1 amide bonds. The summed E-state index contributed by atoms with van der Waals surface area (Å²) in [6.07, 6.45) is 0.178. The maximum atomic E-state index is 11.4. The van der Waals surface area contributed by atoms with Crippen molar-refractivity contribution in [1.82, 2.24) is 9.99 Å². The lowest BCUT2D eigenvalue weighted by Crippen LogP contribution is -2.34. The van der Waals surface area contributed by atoms with Gasteiger partial charge in [-0.25, -0.2) is 10.6 Å². The van der Waals surface area contributed by atoms with Gasteiger partial charge in [0.25, 0.3) is 0 Å². The number of aromatic amines is 1. The van der Waals surface area contributed by atoms with Crippen molar-refractivity contribution < 1.29 is 9.21 Å². The first-order chi connectivity index (χ1) is 7.56. The van der Waals surface area contributed by atoms with E-state index < -0.39 is 5.76 Å². The van der Waals surface area contributed by atoms with E-state index in [1.165, 1.54) is 7.05 Å². The molecule has 6 nitrogen and oxygen atoms in total. The van der Waals surface area contributed by atoms with E-state index in [-0.39, 0.29) is 12.3 Å². The van der Waals surface area contributed by atoms with E-state index in [1.54, 1.807) is 18.2 Å². The van der Waals surface area contributed by atoms with Crippen molar-refractivity contribution in [3.05, 3.63) is 34.3 Å². The quantitative estimate of drug-likeness (QED) is 0.424. The number of oxazole rings is 1. The number of hydrazine groups is 1. The Morgan fingerprint density at radius 1 is 1.56 bits per heavy atom. The largest absolute Gasteiger partial charge is 0.417 e. The molecule has 0 saturated carbocycles. The summed E-state index contributed by atoms with van der Waals surface area (Å²) >= 11 is 0. The van der Waals surface area contributed by atoms with Gasteiger partial charge in [0.2, 0.25) is 5.91 Å². The number of nitrogens with one attached hydrogen (secondary N) is 1. The van der Waals surface area contributed by atoms with Gasteiger partial charge in [-0.2, -0.15) is 0 Å². The molecule has 2 aromatic rings. The minimum Gasteiger partial charge on any atom is -0.408 e. The minimum atomic E-state index is -0.505. The highest BCUT2D eigenvalue weighted by Gasteiger charge is 2.08. The zero-order valence-electron chi connectivity index (χ0n) is 8.69. The van der Waals surface area contributed by atoms with Gasteiger partial charge >= 0.3 is 5.76 Å². The van der Waals surface area contributed by atoms with Gasteiger partial charge in [-0.1, -0.05) is 6.07 Å². The number of benzene rings is 1. The van der Waals surface area contributed by atoms with Gasteiger partial charge in [0.1, 0.15) is 0 Å². The summed E-state index contributed by atoms with van der Waals surface area (Å²) < 4.78 is 4.88. The average Bonchev–Trinajstić information content (AvgIpc) is 2.57. The van der Waals surface area contributed by atoms with E-state index in [0.29, 0.717) is 11.1 Å². The third-order valence-electron chi connectivity index (χ3n) is 2.23. The zero-order chi connectivity index (χ0) is 11.7. The summed E-state index contributed by atoms with van der Waals surface area (Å²) in [6, 6.07) is 5.09. The van der Waals surface area contributed by atoms with Crippen LogP contribution in [0.4, 0.5) is 0 Å². The van der Waals surface area contributed by atoms with Crippen LogP contribution in [-0.2, 0) is 11.2 Å². The Morgan fingerprint density at radius 2 is 2.31 bits per heavy atom. The van der Waals surface area contributed by atoms with Crippen molar-refractivity contribution >= 4 is 17.0 Å². The number of rotatable bonds is 2. The lowest BCUT2D eigenvalue weighted by atomic mass is 10.1. The molecule has 1 aromatic carbocycles. The highest BCUT2D eigenvalue weighted by Crippen LogP contribution is 2.12. The summed E-state index contributed by atoms with van der Waals surface area (Å²) in [4.78, 5) is 24.8. The first kappa shape index (κ1) is 10.4. The second-order valence-corrected chi connectivity index (χ2v) is 3.53. The molecular formula is C10H11N3O3. The van der Waals surface area contributed by atoms with E-state index >= 15 is 0 Å². The Hall–Kier alpha value is -2.08. The van der Waals surface area contributed by atoms with E-state index in [4.69, 9.17) is 10.3 Å². The molecular weight excluding hydrogens is 210 g/mol. The van der Waals surface area contributed by atoms with Gasteiger partial charge in [0, 0.05) is 7.05 Å². The Balaban J connectivity index is 2.32. The molecule has 6 heteroatoms. The normalized spacial score (nSPS) is 10.6. The predicted octanol–water partition coefficient (Wildman–Crippen LogP) is -0.00430. The summed E-state index contributed by atoms with van der Waals surface area (Å²) in [6.45, 7) is 0. The maximum absolute atomic E-state index is 11.4. The number of fused-ring (bicyclic) bond motifs is 1. The van der Waals surface area contributed by atoms with E-state index in [0.717, 1.165) is 10.6 Å². The third-order valence-corrected chi connectivity index (χ3v) is 2.23. The number of hydrogen-bond acceptors (Lipinski definition) is 4. The second kappa shape index (κ2) is 3.82. The molecule has 0 saturated heterocycles. The van der Waals surface area contributed by atoms with Crippen LogP contribution in [0.25, 0.3) is 11.1 Å². The van der Waals surface area contributed by atoms with Gasteiger partial charge in [0.15, 0.2) is 5.58 Å². The van der Waals surface area contributed by atoms with E-state index in [2.05, 4.69) is 4.98 Å². The Kier molecular flexibility index (Phi) is 2.49. The van der Waals surface area contributed by atoms with Crippen molar-refractivity contribution in [3.8, 4) is 0 Å². The molecule has 16 heavy (non-hydrogen) atoms. The van der Waals surface area contributed by atoms with Crippen LogP contribution in [0.2, 0.25) is 0 Å². The number of hydrogen-bond donors (Lipinski definition) is 2. The molecule has 0 bridgehead atoms. The van der Waals surface area contributed by atoms with Crippen LogP contribution >= 0.6 is 0 Å². The van der Waals surface area contributed by atoms with Crippen molar-refractivity contribution in [2.24, 2.45) is 5.84 Å². The highest BCUT2D eigenvalue weighted by atomic mass is 16.4. The predicted molar refractivity (Wildman–Crippen MR) is 57.5 cm³/mol. The van der Waals surface area contributed by atoms with Gasteiger partial charge in [-0.3, -0.25) is 14.8 Å². The molecule has 0 aliphatic heterocycles. The lowest BCUT2D eigenvalue weighted by molar-refractivity contribution is -0.129. The van der Waals surface area contributed by atoms with Crippen molar-refractivity contribution in [3.63, 3.8) is 0 Å². The summed E-state index contributed by atoms with van der Waals surface area (Å²) in [5, 5.41) is 1.03. The van der Waals surface area contributed by atoms with Crippen LogP contribution in [0.5, 0.6) is 0 Å². The van der Waals surface area contributed by atoms with Crippen molar-refractivity contribution in [1.29, 1.82) is 0 Å². The van der Waals surface area contributed by atoms with E-state index in [1.807, 2.05) is 0 Å². The summed E-state index contributed by atoms with van der Waals surface area (Å²) in [5.74, 6) is 4.59. The lowest BCUT2D eigenvalue weighted by Gasteiger charge is -2.09. The number of likely N-dealkylation sites (N-methyl/N-ethyl adjacent to an activating group) is 1. The molecule has 0 unspecified atom stereocenters. The minimum absolute atomic E-state index is 0.178. The average molecular weight is 221 g/mol. The molecule has 3 N–H and O–H groups in total. The molecule has 0 fully saturated rings. The van der Waals surface area contributed by atoms with Crippen LogP contribution < -0.4 is 11.6 Å². The van der Waals surface area contributed by atoms with Gasteiger partial charge in [0.05, 0.1) is 11.9 Å². The highest BCUT2D eigenvalue weighted by molar-refractivity contribution is 5.80. The fourth-order valence-corrected chi connectivity index (χ4v) is 1.40. The van der Waals surface area contributed by atoms with Gasteiger partial charge < -0.3 is 4.42 Å². The number of carbonyl (C=O) groups is 1. The molecule has 0 aliphatic rings. The fourth-order valence-electron chi connectivity index (χ4n) is 1.40. The monoisotopic (exact) mass is 221 g/mol. The SMILES string of the molecule is CN(N)C(=O)Cc1ccc2[nH]c(=O)oc2c1. The molecule has 1 heterocycles. The fraction of sp³-hybridized carbons (Fsp3) is 0.200. The molecule has 0 atom stereocenters. The Labute approximate surface area is 90.6 Å². The summed E-state index contributed by atoms with van der Waals surface area (Å²) in [7, 11) is 1.48. The molecule has 0 spiro atoms. The number of aromatic nitrogens is 1. The molecule has 2 rings (SSSR count). The van der Waals surface area contributed by atoms with Crippen LogP contribution in [0, 0.1) is 0 Å². The first-order valence-electron chi connectivity index (χ1n) is 4.69. The van der Waals surface area contributed by atoms with Crippen molar-refractivity contribution in [2.45, 2.75) is 6.42 Å². The number of nitrogens with two attached hydrogens (primary N) is 1. The van der Waals surface area contributed by atoms with Gasteiger partial charge in [-0.15, -0.1) is 0 Å². The smallest absolute Gasteiger partial charge is 0.408 e. The number of carbonyl (C=O) groups excluding carboxylic acids is 1. The molecule has 0 aliphatic carbocycles. The topological polar surface area (TPSA) is 92.3 Å². The Morgan fingerprint density at radius 3 is 3.00 bits per heavy atom. The van der Waals surface area contributed by atoms with E-state index in [9.17, 15) is 9.59 Å². The van der Waals surface area contributed by atoms with Crippen LogP contribution in [0.3, 0.4) is 0 Å². The van der Waals surface area contributed by atoms with Crippen LogP contribution in [0.15, 0.2) is 27.4 Å². The Bertz CT molecular complexity index is 582. The first-order valence-corrected chi connectivity index (χ1v) is 4.69. The zero-order valence-corrected chi connectivity index (χ0v) is 8.69. The number of amides is 1.